The quantitative estimate of drug-likeness (QED) is 0.698. The third-order valence-corrected chi connectivity index (χ3v) is 4.44. The molecule has 7 nitrogen and oxygen atoms in total. The van der Waals surface area contributed by atoms with Gasteiger partial charge in [0.05, 0.1) is 11.5 Å². The Kier molecular flexibility index (Phi) is 6.37. The first-order valence-corrected chi connectivity index (χ1v) is 9.17. The maximum Gasteiger partial charge on any atom is 0.275 e. The first-order valence-electron chi connectivity index (χ1n) is 7.68. The number of sulfonamides is 1. The van der Waals surface area contributed by atoms with Gasteiger partial charge in [-0.05, 0) is 50.2 Å². The van der Waals surface area contributed by atoms with Crippen LogP contribution < -0.4 is 19.7 Å². The molecule has 1 amide bonds. The molecular weight excluding hydrogens is 344 g/mol. The fourth-order valence-electron chi connectivity index (χ4n) is 1.92. The number of carbonyl (C=O) groups is 1. The number of amides is 1. The van der Waals surface area contributed by atoms with Crippen LogP contribution in [0.25, 0.3) is 0 Å². The van der Waals surface area contributed by atoms with Crippen molar-refractivity contribution in [3.05, 3.63) is 54.6 Å². The lowest BCUT2D eigenvalue weighted by Gasteiger charge is -2.15. The predicted molar refractivity (Wildman–Crippen MR) is 92.6 cm³/mol. The van der Waals surface area contributed by atoms with E-state index in [-0.39, 0.29) is 4.90 Å². The van der Waals surface area contributed by atoms with Gasteiger partial charge in [-0.2, -0.15) is 0 Å². The largest absolute Gasteiger partial charge is 0.494 e. The highest BCUT2D eigenvalue weighted by Gasteiger charge is 2.19. The van der Waals surface area contributed by atoms with Crippen LogP contribution in [0.1, 0.15) is 13.8 Å². The molecule has 8 heteroatoms. The Morgan fingerprint density at radius 2 is 1.64 bits per heavy atom. The van der Waals surface area contributed by atoms with Crippen LogP contribution in [0.4, 0.5) is 0 Å². The number of nitrogens with one attached hydrogen (secondary N) is 2. The highest BCUT2D eigenvalue weighted by atomic mass is 32.2. The molecule has 134 valence electrons. The molecule has 0 aliphatic heterocycles. The molecule has 0 aliphatic carbocycles. The lowest BCUT2D eigenvalue weighted by Crippen LogP contribution is -2.47. The first-order chi connectivity index (χ1) is 11.9. The van der Waals surface area contributed by atoms with Crippen LogP contribution in [0, 0.1) is 0 Å². The zero-order chi connectivity index (χ0) is 18.3. The van der Waals surface area contributed by atoms with E-state index in [9.17, 15) is 13.2 Å². The number of rotatable bonds is 8. The van der Waals surface area contributed by atoms with Gasteiger partial charge in [0, 0.05) is 0 Å². The van der Waals surface area contributed by atoms with Gasteiger partial charge in [-0.3, -0.25) is 10.2 Å². The maximum absolute atomic E-state index is 12.0. The molecule has 0 unspecified atom stereocenters. The summed E-state index contributed by atoms with van der Waals surface area (Å²) >= 11 is 0. The summed E-state index contributed by atoms with van der Waals surface area (Å²) in [5, 5.41) is 0. The zero-order valence-electron chi connectivity index (χ0n) is 13.9. The number of ether oxygens (including phenoxy) is 2. The van der Waals surface area contributed by atoms with Crippen molar-refractivity contribution >= 4 is 15.9 Å². The van der Waals surface area contributed by atoms with Crippen LogP contribution in [-0.4, -0.2) is 27.0 Å². The molecule has 0 radical (unpaired) electrons. The smallest absolute Gasteiger partial charge is 0.275 e. The summed E-state index contributed by atoms with van der Waals surface area (Å²) < 4.78 is 34.9. The standard InChI is InChI=1S/C17H20N2O5S/c1-3-23-14-9-11-15(12-10-14)24-13(2)17(20)18-19-25(21,22)16-7-5-4-6-8-16/h4-13,19H,3H2,1-2H3,(H,18,20)/t13-/m1/s1. The van der Waals surface area contributed by atoms with Gasteiger partial charge in [-0.15, -0.1) is 4.83 Å². The highest BCUT2D eigenvalue weighted by Crippen LogP contribution is 2.18. The second-order valence-electron chi connectivity index (χ2n) is 5.07. The summed E-state index contributed by atoms with van der Waals surface area (Å²) in [6.07, 6.45) is -0.892. The van der Waals surface area contributed by atoms with E-state index in [4.69, 9.17) is 9.47 Å². The Labute approximate surface area is 147 Å². The van der Waals surface area contributed by atoms with Gasteiger partial charge >= 0.3 is 0 Å². The van der Waals surface area contributed by atoms with Crippen LogP contribution in [0.3, 0.4) is 0 Å². The molecule has 1 atom stereocenters. The lowest BCUT2D eigenvalue weighted by atomic mass is 10.3. The average molecular weight is 364 g/mol. The highest BCUT2D eigenvalue weighted by molar-refractivity contribution is 7.89. The Hall–Kier alpha value is -2.58. The van der Waals surface area contributed by atoms with Gasteiger partial charge in [0.2, 0.25) is 0 Å². The van der Waals surface area contributed by atoms with E-state index in [2.05, 4.69) is 5.43 Å². The third-order valence-electron chi connectivity index (χ3n) is 3.18. The Bertz CT molecular complexity index is 792. The summed E-state index contributed by atoms with van der Waals surface area (Å²) in [5.74, 6) is 0.549. The van der Waals surface area contributed by atoms with E-state index in [1.54, 1.807) is 42.5 Å². The molecule has 0 spiro atoms. The summed E-state index contributed by atoms with van der Waals surface area (Å²) in [4.78, 5) is 14.1. The van der Waals surface area contributed by atoms with Gasteiger partial charge in [0.1, 0.15) is 11.5 Å². The van der Waals surface area contributed by atoms with Crippen molar-refractivity contribution in [1.82, 2.24) is 10.3 Å². The molecule has 25 heavy (non-hydrogen) atoms. The Balaban J connectivity index is 1.90. The third kappa shape index (κ3) is 5.47. The van der Waals surface area contributed by atoms with Crippen molar-refractivity contribution in [3.8, 4) is 11.5 Å². The number of benzene rings is 2. The molecule has 2 aromatic carbocycles. The van der Waals surface area contributed by atoms with Gasteiger partial charge in [-0.1, -0.05) is 18.2 Å². The van der Waals surface area contributed by atoms with Crippen molar-refractivity contribution < 1.29 is 22.7 Å². The fraction of sp³-hybridized carbons (Fsp3) is 0.235. The predicted octanol–water partition coefficient (Wildman–Crippen LogP) is 1.86. The first kappa shape index (κ1) is 18.8. The zero-order valence-corrected chi connectivity index (χ0v) is 14.7. The minimum absolute atomic E-state index is 0.0513. The van der Waals surface area contributed by atoms with Gasteiger partial charge in [0.15, 0.2) is 6.10 Å². The minimum Gasteiger partial charge on any atom is -0.494 e. The molecule has 0 aliphatic rings. The number of hydrogen-bond donors (Lipinski definition) is 2. The summed E-state index contributed by atoms with van der Waals surface area (Å²) in [5.41, 5.74) is 2.15. The normalized spacial score (nSPS) is 12.2. The van der Waals surface area contributed by atoms with Crippen molar-refractivity contribution in [3.63, 3.8) is 0 Å². The second-order valence-corrected chi connectivity index (χ2v) is 6.75. The number of hydrogen-bond acceptors (Lipinski definition) is 5. The topological polar surface area (TPSA) is 93.7 Å². The monoisotopic (exact) mass is 364 g/mol. The maximum atomic E-state index is 12.0. The van der Waals surface area contributed by atoms with Crippen molar-refractivity contribution in [1.29, 1.82) is 0 Å². The number of hydrazine groups is 1. The van der Waals surface area contributed by atoms with Crippen molar-refractivity contribution in [2.45, 2.75) is 24.8 Å². The Morgan fingerprint density at radius 1 is 1.04 bits per heavy atom. The molecule has 2 aromatic rings. The molecule has 2 N–H and O–H groups in total. The molecule has 0 saturated carbocycles. The van der Waals surface area contributed by atoms with E-state index >= 15 is 0 Å². The fourth-order valence-corrected chi connectivity index (χ4v) is 2.78. The summed E-state index contributed by atoms with van der Waals surface area (Å²) in [6, 6.07) is 14.5. The van der Waals surface area contributed by atoms with Crippen LogP contribution in [0.5, 0.6) is 11.5 Å². The van der Waals surface area contributed by atoms with Crippen LogP contribution >= 0.6 is 0 Å². The summed E-state index contributed by atoms with van der Waals surface area (Å²) in [6.45, 7) is 3.95. The lowest BCUT2D eigenvalue weighted by molar-refractivity contribution is -0.127. The van der Waals surface area contributed by atoms with E-state index in [1.807, 2.05) is 11.8 Å². The van der Waals surface area contributed by atoms with Gasteiger partial charge in [0.25, 0.3) is 15.9 Å². The molecule has 0 bridgehead atoms. The SMILES string of the molecule is CCOc1ccc(O[C@H](C)C(=O)NNS(=O)(=O)c2ccccc2)cc1. The average Bonchev–Trinajstić information content (AvgIpc) is 2.62. The second kappa shape index (κ2) is 8.50. The van der Waals surface area contributed by atoms with Crippen LogP contribution in [-0.2, 0) is 14.8 Å². The van der Waals surface area contributed by atoms with E-state index < -0.39 is 22.0 Å². The Morgan fingerprint density at radius 3 is 2.24 bits per heavy atom. The minimum atomic E-state index is -3.83. The summed E-state index contributed by atoms with van der Waals surface area (Å²) in [7, 11) is -3.83. The van der Waals surface area contributed by atoms with Crippen LogP contribution in [0.2, 0.25) is 0 Å². The van der Waals surface area contributed by atoms with E-state index in [0.717, 1.165) is 0 Å². The molecule has 0 aromatic heterocycles. The molecule has 0 heterocycles. The van der Waals surface area contributed by atoms with Gasteiger partial charge in [-0.25, -0.2) is 8.42 Å². The van der Waals surface area contributed by atoms with Crippen molar-refractivity contribution in [2.24, 2.45) is 0 Å². The van der Waals surface area contributed by atoms with E-state index in [0.29, 0.717) is 18.1 Å². The van der Waals surface area contributed by atoms with Crippen LogP contribution in [0.15, 0.2) is 59.5 Å². The molecule has 0 fully saturated rings. The van der Waals surface area contributed by atoms with Gasteiger partial charge < -0.3 is 9.47 Å². The van der Waals surface area contributed by atoms with Crippen molar-refractivity contribution in [2.75, 3.05) is 6.61 Å². The number of carbonyl (C=O) groups excluding carboxylic acids is 1. The molecule has 2 rings (SSSR count). The van der Waals surface area contributed by atoms with E-state index in [1.165, 1.54) is 19.1 Å². The molecule has 0 saturated heterocycles. The molecular formula is C17H20N2O5S.